The molecule has 0 aromatic heterocycles. The lowest BCUT2D eigenvalue weighted by atomic mass is 10.1. The maximum Gasteiger partial charge on any atom is 0.421 e. The van der Waals surface area contributed by atoms with Crippen LogP contribution >= 0.6 is 0 Å². The molecule has 29 heavy (non-hydrogen) atoms. The number of ether oxygens (including phenoxy) is 1. The minimum Gasteiger partial charge on any atom is -0.507 e. The molecular weight excluding hydrogens is 382 g/mol. The Bertz CT molecular complexity index is 798. The fraction of sp³-hybridized carbons (Fsp3) is 0.444. The number of nitrogens with two attached hydrogens (primary N) is 3. The highest BCUT2D eigenvalue weighted by molar-refractivity contribution is 6.14. The van der Waals surface area contributed by atoms with Crippen molar-refractivity contribution in [3.8, 4) is 5.75 Å². The van der Waals surface area contributed by atoms with Gasteiger partial charge in [0, 0.05) is 6.54 Å². The van der Waals surface area contributed by atoms with E-state index in [-0.39, 0.29) is 24.6 Å². The summed E-state index contributed by atoms with van der Waals surface area (Å²) in [6, 6.07) is 2.17. The van der Waals surface area contributed by atoms with Gasteiger partial charge in [0.1, 0.15) is 16.9 Å². The maximum absolute atomic E-state index is 12.9. The van der Waals surface area contributed by atoms with Gasteiger partial charge in [-0.2, -0.15) is 0 Å². The summed E-state index contributed by atoms with van der Waals surface area (Å²) < 4.78 is 5.26. The summed E-state index contributed by atoms with van der Waals surface area (Å²) in [5.74, 6) is -2.83. The highest BCUT2D eigenvalue weighted by Crippen LogP contribution is 2.26. The summed E-state index contributed by atoms with van der Waals surface area (Å²) in [7, 11) is 0. The third-order valence-electron chi connectivity index (χ3n) is 3.55. The number of amides is 2. The second kappa shape index (κ2) is 9.73. The van der Waals surface area contributed by atoms with E-state index in [4.69, 9.17) is 21.9 Å². The Kier molecular flexibility index (Phi) is 7.95. The zero-order chi connectivity index (χ0) is 22.4. The van der Waals surface area contributed by atoms with Gasteiger partial charge >= 0.3 is 12.1 Å². The van der Waals surface area contributed by atoms with Crippen LogP contribution in [0.1, 0.15) is 44.0 Å². The molecule has 1 rings (SSSR count). The van der Waals surface area contributed by atoms with Crippen LogP contribution in [0.25, 0.3) is 0 Å². The van der Waals surface area contributed by atoms with Crippen LogP contribution in [0, 0.1) is 0 Å². The molecule has 1 aromatic rings. The fourth-order valence-electron chi connectivity index (χ4n) is 2.27. The zero-order valence-corrected chi connectivity index (χ0v) is 16.6. The second-order valence-electron chi connectivity index (χ2n) is 7.22. The third kappa shape index (κ3) is 7.30. The first-order valence-electron chi connectivity index (χ1n) is 8.77. The van der Waals surface area contributed by atoms with Gasteiger partial charge in [-0.25, -0.2) is 14.5 Å². The number of aromatic carboxylic acids is 1. The number of carboxylic acids is 1. The van der Waals surface area contributed by atoms with E-state index in [2.05, 4.69) is 4.99 Å². The predicted octanol–water partition coefficient (Wildman–Crippen LogP) is 0.739. The van der Waals surface area contributed by atoms with Crippen molar-refractivity contribution < 1.29 is 29.3 Å². The van der Waals surface area contributed by atoms with Gasteiger partial charge in [-0.05, 0) is 51.8 Å². The zero-order valence-electron chi connectivity index (χ0n) is 16.6. The van der Waals surface area contributed by atoms with E-state index in [0.717, 1.165) is 12.1 Å². The van der Waals surface area contributed by atoms with Crippen LogP contribution in [-0.2, 0) is 9.53 Å². The van der Waals surface area contributed by atoms with Crippen molar-refractivity contribution in [1.29, 1.82) is 0 Å². The Morgan fingerprint density at radius 2 is 1.86 bits per heavy atom. The van der Waals surface area contributed by atoms with Crippen molar-refractivity contribution in [2.75, 3.05) is 11.4 Å². The molecule has 0 saturated carbocycles. The molecule has 0 saturated heterocycles. The average Bonchev–Trinajstić information content (AvgIpc) is 2.58. The van der Waals surface area contributed by atoms with Crippen LogP contribution in [0.4, 0.5) is 10.5 Å². The van der Waals surface area contributed by atoms with Gasteiger partial charge in [0.05, 0.1) is 11.7 Å². The number of rotatable bonds is 7. The molecule has 0 unspecified atom stereocenters. The Morgan fingerprint density at radius 3 is 2.38 bits per heavy atom. The van der Waals surface area contributed by atoms with Gasteiger partial charge in [0.25, 0.3) is 5.91 Å². The van der Waals surface area contributed by atoms with E-state index in [9.17, 15) is 24.6 Å². The van der Waals surface area contributed by atoms with Gasteiger partial charge in [0.15, 0.2) is 5.96 Å². The van der Waals surface area contributed by atoms with Gasteiger partial charge < -0.3 is 32.2 Å². The molecule has 1 atom stereocenters. The smallest absolute Gasteiger partial charge is 0.421 e. The molecule has 160 valence electrons. The molecule has 11 nitrogen and oxygen atoms in total. The second-order valence-corrected chi connectivity index (χ2v) is 7.22. The fourth-order valence-corrected chi connectivity index (χ4v) is 2.27. The number of nitrogens with zero attached hydrogens (tertiary/aromatic N) is 2. The van der Waals surface area contributed by atoms with Crippen LogP contribution < -0.4 is 22.1 Å². The van der Waals surface area contributed by atoms with Crippen molar-refractivity contribution in [3.05, 3.63) is 23.8 Å². The molecule has 0 bridgehead atoms. The molecule has 2 amide bonds. The number of hydrogen-bond acceptors (Lipinski definition) is 7. The van der Waals surface area contributed by atoms with Crippen molar-refractivity contribution in [1.82, 2.24) is 0 Å². The molecule has 0 aliphatic carbocycles. The molecule has 11 heteroatoms. The molecule has 8 N–H and O–H groups in total. The lowest BCUT2D eigenvalue weighted by molar-refractivity contribution is -0.119. The van der Waals surface area contributed by atoms with E-state index in [0.29, 0.717) is 11.3 Å². The standard InChI is InChI=1S/C18H27N5O6/c1-18(2,3)29-17(28)23(10-6-7-13(24)11(9-10)15(26)27)14(25)12(19)5-4-8-22-16(20)21/h6-7,9,12,24H,4-5,8,19H2,1-3H3,(H,26,27)(H4,20,21,22)/t12-/m0/s1. The number of carbonyl (C=O) groups is 3. The number of aromatic hydroxyl groups is 1. The number of guanidine groups is 1. The number of hydrogen-bond donors (Lipinski definition) is 5. The normalized spacial score (nSPS) is 12.0. The highest BCUT2D eigenvalue weighted by Gasteiger charge is 2.32. The molecular formula is C18H27N5O6. The molecule has 0 fully saturated rings. The van der Waals surface area contributed by atoms with E-state index in [1.807, 2.05) is 0 Å². The molecule has 0 aliphatic rings. The minimum absolute atomic E-state index is 0.0921. The van der Waals surface area contributed by atoms with Crippen LogP contribution in [-0.4, -0.2) is 52.3 Å². The summed E-state index contributed by atoms with van der Waals surface area (Å²) >= 11 is 0. The van der Waals surface area contributed by atoms with E-state index < -0.39 is 40.9 Å². The summed E-state index contributed by atoms with van der Waals surface area (Å²) in [5, 5.41) is 18.9. The first kappa shape index (κ1) is 23.7. The monoisotopic (exact) mass is 409 g/mol. The quantitative estimate of drug-likeness (QED) is 0.245. The third-order valence-corrected chi connectivity index (χ3v) is 3.55. The van der Waals surface area contributed by atoms with Crippen LogP contribution in [0.2, 0.25) is 0 Å². The lowest BCUT2D eigenvalue weighted by Crippen LogP contribution is -2.49. The number of anilines is 1. The molecule has 1 aromatic carbocycles. The summed E-state index contributed by atoms with van der Waals surface area (Å²) in [6.45, 7) is 5.09. The van der Waals surface area contributed by atoms with Crippen LogP contribution in [0.3, 0.4) is 0 Å². The first-order chi connectivity index (χ1) is 13.3. The average molecular weight is 409 g/mol. The molecule has 0 aliphatic heterocycles. The van der Waals surface area contributed by atoms with E-state index in [1.165, 1.54) is 6.07 Å². The van der Waals surface area contributed by atoms with Gasteiger partial charge in [0.2, 0.25) is 0 Å². The number of carbonyl (C=O) groups excluding carboxylic acids is 2. The Balaban J connectivity index is 3.19. The summed E-state index contributed by atoms with van der Waals surface area (Å²) in [6.07, 6.45) is -0.481. The number of benzene rings is 1. The van der Waals surface area contributed by atoms with Gasteiger partial charge in [-0.1, -0.05) is 0 Å². The number of carboxylic acid groups (broad SMARTS) is 1. The highest BCUT2D eigenvalue weighted by atomic mass is 16.6. The Hall–Kier alpha value is -3.34. The van der Waals surface area contributed by atoms with Gasteiger partial charge in [-0.3, -0.25) is 9.79 Å². The summed E-state index contributed by atoms with van der Waals surface area (Å²) in [5.41, 5.74) is 14.9. The van der Waals surface area contributed by atoms with Crippen molar-refractivity contribution >= 4 is 29.6 Å². The number of phenols is 1. The molecule has 0 radical (unpaired) electrons. The SMILES string of the molecule is CC(C)(C)OC(=O)N(C(=O)[C@@H](N)CCCN=C(N)N)c1ccc(O)c(C(=O)O)c1. The topological polar surface area (TPSA) is 195 Å². The molecule has 0 heterocycles. The maximum atomic E-state index is 12.9. The number of aliphatic imine (C=N–C) groups is 1. The van der Waals surface area contributed by atoms with Gasteiger partial charge in [-0.15, -0.1) is 0 Å². The van der Waals surface area contributed by atoms with Crippen LogP contribution in [0.5, 0.6) is 5.75 Å². The minimum atomic E-state index is -1.43. The van der Waals surface area contributed by atoms with Crippen molar-refractivity contribution in [2.24, 2.45) is 22.2 Å². The predicted molar refractivity (Wildman–Crippen MR) is 107 cm³/mol. The first-order valence-corrected chi connectivity index (χ1v) is 8.77. The Morgan fingerprint density at radius 1 is 1.24 bits per heavy atom. The van der Waals surface area contributed by atoms with Crippen molar-refractivity contribution in [3.63, 3.8) is 0 Å². The number of imide groups is 1. The van der Waals surface area contributed by atoms with E-state index >= 15 is 0 Å². The van der Waals surface area contributed by atoms with E-state index in [1.54, 1.807) is 20.8 Å². The largest absolute Gasteiger partial charge is 0.507 e. The Labute approximate surface area is 168 Å². The van der Waals surface area contributed by atoms with Crippen molar-refractivity contribution in [2.45, 2.75) is 45.3 Å². The molecule has 0 spiro atoms. The summed E-state index contributed by atoms with van der Waals surface area (Å²) in [4.78, 5) is 41.3. The lowest BCUT2D eigenvalue weighted by Gasteiger charge is -2.28. The van der Waals surface area contributed by atoms with Crippen LogP contribution in [0.15, 0.2) is 23.2 Å².